The summed E-state index contributed by atoms with van der Waals surface area (Å²) >= 11 is 13.9. The minimum atomic E-state index is 1.01. The Morgan fingerprint density at radius 1 is 0.647 bits per heavy atom. The molecule has 0 bridgehead atoms. The molecule has 17 heavy (non-hydrogen) atoms. The zero-order valence-corrected chi connectivity index (χ0v) is 14.8. The fourth-order valence-electron chi connectivity index (χ4n) is 1.33. The third-order valence-corrected chi connectivity index (χ3v) is 4.46. The van der Waals surface area contributed by atoms with Gasteiger partial charge in [0.05, 0.1) is 11.4 Å². The number of rotatable bonds is 2. The minimum absolute atomic E-state index is 1.01. The van der Waals surface area contributed by atoms with Crippen molar-refractivity contribution >= 4 is 75.1 Å². The van der Waals surface area contributed by atoms with Crippen molar-refractivity contribution in [1.82, 2.24) is 0 Å². The molecule has 0 saturated carbocycles. The average molecular weight is 485 g/mol. The predicted molar refractivity (Wildman–Crippen MR) is 87.0 cm³/mol. The van der Waals surface area contributed by atoms with E-state index in [9.17, 15) is 0 Å². The molecule has 0 radical (unpaired) electrons. The molecule has 5 heteroatoms. The van der Waals surface area contributed by atoms with Gasteiger partial charge in [-0.1, -0.05) is 31.9 Å². The zero-order valence-electron chi connectivity index (χ0n) is 8.48. The van der Waals surface area contributed by atoms with Crippen LogP contribution in [0.15, 0.2) is 54.3 Å². The Morgan fingerprint density at radius 3 is 2.00 bits per heavy atom. The van der Waals surface area contributed by atoms with Crippen molar-refractivity contribution in [2.75, 3.05) is 5.32 Å². The van der Waals surface area contributed by atoms with Crippen LogP contribution in [0.2, 0.25) is 0 Å². The van der Waals surface area contributed by atoms with Gasteiger partial charge in [-0.05, 0) is 68.3 Å². The molecule has 2 aromatic rings. The second-order valence-corrected chi connectivity index (χ2v) is 6.91. The lowest BCUT2D eigenvalue weighted by Gasteiger charge is -2.11. The second-order valence-electron chi connectivity index (χ2n) is 3.37. The van der Waals surface area contributed by atoms with Gasteiger partial charge in [-0.2, -0.15) is 0 Å². The molecule has 0 fully saturated rings. The largest absolute Gasteiger partial charge is 0.354 e. The Hall–Kier alpha value is 0.160. The van der Waals surface area contributed by atoms with Crippen molar-refractivity contribution in [3.05, 3.63) is 54.3 Å². The Labute approximate surface area is 134 Å². The van der Waals surface area contributed by atoms with Crippen molar-refractivity contribution < 1.29 is 0 Å². The van der Waals surface area contributed by atoms with Crippen molar-refractivity contribution in [1.29, 1.82) is 0 Å². The number of hydrogen-bond donors (Lipinski definition) is 1. The maximum absolute atomic E-state index is 3.53. The van der Waals surface area contributed by atoms with Crippen LogP contribution in [0, 0.1) is 0 Å². The van der Waals surface area contributed by atoms with Gasteiger partial charge in [0.1, 0.15) is 0 Å². The topological polar surface area (TPSA) is 12.0 Å². The summed E-state index contributed by atoms with van der Waals surface area (Å²) in [5.74, 6) is 0. The first kappa shape index (κ1) is 13.6. The van der Waals surface area contributed by atoms with E-state index in [2.05, 4.69) is 69.0 Å². The van der Waals surface area contributed by atoms with Crippen LogP contribution in [-0.2, 0) is 0 Å². The van der Waals surface area contributed by atoms with E-state index in [1.165, 1.54) is 0 Å². The first-order valence-electron chi connectivity index (χ1n) is 4.73. The molecule has 1 N–H and O–H groups in total. The Kier molecular flexibility index (Phi) is 4.69. The molecule has 0 aliphatic heterocycles. The third kappa shape index (κ3) is 3.56. The number of hydrogen-bond acceptors (Lipinski definition) is 1. The molecule has 1 nitrogen and oxygen atoms in total. The van der Waals surface area contributed by atoms with E-state index < -0.39 is 0 Å². The summed E-state index contributed by atoms with van der Waals surface area (Å²) in [7, 11) is 0. The van der Waals surface area contributed by atoms with Crippen LogP contribution in [0.4, 0.5) is 11.4 Å². The quantitative estimate of drug-likeness (QED) is 0.514. The van der Waals surface area contributed by atoms with Crippen LogP contribution in [0.1, 0.15) is 0 Å². The van der Waals surface area contributed by atoms with Crippen LogP contribution < -0.4 is 5.32 Å². The van der Waals surface area contributed by atoms with Crippen LogP contribution in [-0.4, -0.2) is 0 Å². The summed E-state index contributed by atoms with van der Waals surface area (Å²) in [6, 6.07) is 12.0. The fraction of sp³-hybridized carbons (Fsp3) is 0. The molecule has 0 saturated heterocycles. The van der Waals surface area contributed by atoms with E-state index >= 15 is 0 Å². The normalized spacial score (nSPS) is 10.4. The zero-order chi connectivity index (χ0) is 12.4. The lowest BCUT2D eigenvalue weighted by molar-refractivity contribution is 1.48. The summed E-state index contributed by atoms with van der Waals surface area (Å²) in [4.78, 5) is 0. The SMILES string of the molecule is Brc1ccc(Nc2cc(Br)ccc2Br)c(Br)c1. The predicted octanol–water partition coefficient (Wildman–Crippen LogP) is 6.48. The molecule has 0 spiro atoms. The highest BCUT2D eigenvalue weighted by molar-refractivity contribution is 9.11. The number of benzene rings is 2. The van der Waals surface area contributed by atoms with Crippen molar-refractivity contribution in [2.45, 2.75) is 0 Å². The monoisotopic (exact) mass is 481 g/mol. The molecule has 0 heterocycles. The minimum Gasteiger partial charge on any atom is -0.354 e. The Morgan fingerprint density at radius 2 is 1.29 bits per heavy atom. The molecule has 0 amide bonds. The Bertz CT molecular complexity index is 554. The molecule has 2 aromatic carbocycles. The average Bonchev–Trinajstić information content (AvgIpc) is 2.27. The smallest absolute Gasteiger partial charge is 0.0540 e. The summed E-state index contributed by atoms with van der Waals surface area (Å²) in [5.41, 5.74) is 2.04. The fourth-order valence-corrected chi connectivity index (χ4v) is 3.18. The van der Waals surface area contributed by atoms with Gasteiger partial charge < -0.3 is 5.32 Å². The molecule has 88 valence electrons. The first-order valence-corrected chi connectivity index (χ1v) is 7.90. The maximum Gasteiger partial charge on any atom is 0.0540 e. The number of halogens is 4. The summed E-state index contributed by atoms with van der Waals surface area (Å²) in [6.07, 6.45) is 0. The molecule has 0 atom stereocenters. The van der Waals surface area contributed by atoms with Crippen molar-refractivity contribution in [3.63, 3.8) is 0 Å². The van der Waals surface area contributed by atoms with Crippen molar-refractivity contribution in [2.24, 2.45) is 0 Å². The molecule has 2 rings (SSSR count). The summed E-state index contributed by atoms with van der Waals surface area (Å²) < 4.78 is 4.12. The molecular formula is C12H7Br4N. The van der Waals surface area contributed by atoms with Crippen LogP contribution in [0.25, 0.3) is 0 Å². The van der Waals surface area contributed by atoms with Crippen LogP contribution in [0.3, 0.4) is 0 Å². The van der Waals surface area contributed by atoms with E-state index in [4.69, 9.17) is 0 Å². The standard InChI is InChI=1S/C12H7Br4N/c13-7-2-4-11(10(16)5-7)17-12-6-8(14)1-3-9(12)15/h1-6,17H. The highest BCUT2D eigenvalue weighted by atomic mass is 79.9. The van der Waals surface area contributed by atoms with Crippen LogP contribution >= 0.6 is 63.7 Å². The van der Waals surface area contributed by atoms with E-state index in [0.29, 0.717) is 0 Å². The van der Waals surface area contributed by atoms with Gasteiger partial charge in [0.2, 0.25) is 0 Å². The summed E-state index contributed by atoms with van der Waals surface area (Å²) in [5, 5.41) is 3.36. The lowest BCUT2D eigenvalue weighted by Crippen LogP contribution is -1.92. The summed E-state index contributed by atoms with van der Waals surface area (Å²) in [6.45, 7) is 0. The molecular weight excluding hydrogens is 478 g/mol. The van der Waals surface area contributed by atoms with E-state index in [1.54, 1.807) is 0 Å². The van der Waals surface area contributed by atoms with Gasteiger partial charge in [0.15, 0.2) is 0 Å². The van der Waals surface area contributed by atoms with E-state index in [0.717, 1.165) is 29.3 Å². The van der Waals surface area contributed by atoms with Crippen molar-refractivity contribution in [3.8, 4) is 0 Å². The number of nitrogens with one attached hydrogen (secondary N) is 1. The molecule has 0 aliphatic carbocycles. The third-order valence-electron chi connectivity index (χ3n) is 2.13. The van der Waals surface area contributed by atoms with Crippen LogP contribution in [0.5, 0.6) is 0 Å². The van der Waals surface area contributed by atoms with Gasteiger partial charge in [0, 0.05) is 17.9 Å². The lowest BCUT2D eigenvalue weighted by atomic mass is 10.3. The number of anilines is 2. The van der Waals surface area contributed by atoms with E-state index in [1.807, 2.05) is 36.4 Å². The first-order chi connectivity index (χ1) is 8.06. The molecule has 0 aliphatic rings. The second kappa shape index (κ2) is 5.87. The van der Waals surface area contributed by atoms with Gasteiger partial charge >= 0.3 is 0 Å². The van der Waals surface area contributed by atoms with Gasteiger partial charge in [0.25, 0.3) is 0 Å². The van der Waals surface area contributed by atoms with Gasteiger partial charge in [-0.15, -0.1) is 0 Å². The van der Waals surface area contributed by atoms with E-state index in [-0.39, 0.29) is 0 Å². The highest BCUT2D eigenvalue weighted by Gasteiger charge is 2.04. The highest BCUT2D eigenvalue weighted by Crippen LogP contribution is 2.33. The van der Waals surface area contributed by atoms with Gasteiger partial charge in [-0.3, -0.25) is 0 Å². The maximum atomic E-state index is 3.53. The van der Waals surface area contributed by atoms with Gasteiger partial charge in [-0.25, -0.2) is 0 Å². The molecule has 0 unspecified atom stereocenters. The Balaban J connectivity index is 2.34. The molecule has 0 aromatic heterocycles.